The second-order valence-electron chi connectivity index (χ2n) is 3.75. The Morgan fingerprint density at radius 1 is 1.46 bits per heavy atom. The highest BCUT2D eigenvalue weighted by molar-refractivity contribution is 5.10. The van der Waals surface area contributed by atoms with Gasteiger partial charge in [0.2, 0.25) is 0 Å². The third-order valence-electron chi connectivity index (χ3n) is 2.34. The third kappa shape index (κ3) is 2.81. The van der Waals surface area contributed by atoms with Gasteiger partial charge in [-0.05, 0) is 31.9 Å². The second kappa shape index (κ2) is 3.88. The number of nitrogens with one attached hydrogen (secondary N) is 1. The molecular formula is C11H16N2. The molecule has 0 radical (unpaired) electrons. The van der Waals surface area contributed by atoms with Gasteiger partial charge in [-0.2, -0.15) is 0 Å². The Morgan fingerprint density at radius 2 is 2.31 bits per heavy atom. The van der Waals surface area contributed by atoms with E-state index in [-0.39, 0.29) is 0 Å². The number of aryl methyl sites for hydroxylation is 1. The minimum Gasteiger partial charge on any atom is -0.314 e. The fraction of sp³-hybridized carbons (Fsp3) is 0.545. The topological polar surface area (TPSA) is 24.9 Å². The van der Waals surface area contributed by atoms with Crippen LogP contribution in [0.2, 0.25) is 0 Å². The van der Waals surface area contributed by atoms with E-state index in [2.05, 4.69) is 22.4 Å². The van der Waals surface area contributed by atoms with Gasteiger partial charge in [-0.15, -0.1) is 0 Å². The highest BCUT2D eigenvalue weighted by Gasteiger charge is 2.19. The zero-order valence-corrected chi connectivity index (χ0v) is 8.09. The van der Waals surface area contributed by atoms with Crippen LogP contribution >= 0.6 is 0 Å². The molecule has 1 N–H and O–H groups in total. The Balaban J connectivity index is 1.79. The van der Waals surface area contributed by atoms with Crippen LogP contribution in [-0.4, -0.2) is 17.6 Å². The minimum atomic E-state index is 0.810. The summed E-state index contributed by atoms with van der Waals surface area (Å²) in [7, 11) is 0. The van der Waals surface area contributed by atoms with Gasteiger partial charge in [0.05, 0.1) is 0 Å². The van der Waals surface area contributed by atoms with Gasteiger partial charge in [-0.25, -0.2) is 0 Å². The zero-order chi connectivity index (χ0) is 9.10. The first-order valence-electron chi connectivity index (χ1n) is 5.00. The van der Waals surface area contributed by atoms with Crippen molar-refractivity contribution < 1.29 is 0 Å². The molecule has 1 aliphatic rings. The maximum absolute atomic E-state index is 4.45. The molecule has 0 saturated heterocycles. The van der Waals surface area contributed by atoms with Crippen molar-refractivity contribution in [1.29, 1.82) is 0 Å². The normalized spacial score (nSPS) is 16.1. The molecule has 2 rings (SSSR count). The summed E-state index contributed by atoms with van der Waals surface area (Å²) in [5.74, 6) is 0. The molecule has 0 unspecified atom stereocenters. The fourth-order valence-corrected chi connectivity index (χ4v) is 1.43. The number of pyridine rings is 1. The van der Waals surface area contributed by atoms with Crippen molar-refractivity contribution in [2.45, 2.75) is 32.2 Å². The maximum Gasteiger partial charge on any atom is 0.0419 e. The van der Waals surface area contributed by atoms with Crippen LogP contribution in [-0.2, 0) is 6.42 Å². The van der Waals surface area contributed by atoms with Crippen LogP contribution in [0.3, 0.4) is 0 Å². The van der Waals surface area contributed by atoms with E-state index in [4.69, 9.17) is 0 Å². The first-order valence-corrected chi connectivity index (χ1v) is 5.00. The van der Waals surface area contributed by atoms with E-state index in [1.54, 1.807) is 0 Å². The molecule has 0 bridgehead atoms. The zero-order valence-electron chi connectivity index (χ0n) is 8.09. The van der Waals surface area contributed by atoms with E-state index in [1.165, 1.54) is 18.5 Å². The Morgan fingerprint density at radius 3 is 3.00 bits per heavy atom. The number of rotatable bonds is 4. The van der Waals surface area contributed by atoms with Gasteiger partial charge in [0.15, 0.2) is 0 Å². The van der Waals surface area contributed by atoms with Crippen molar-refractivity contribution in [3.63, 3.8) is 0 Å². The van der Waals surface area contributed by atoms with Gasteiger partial charge in [0.1, 0.15) is 0 Å². The SMILES string of the molecule is Cc1cccc(CCNC2CC2)n1. The standard InChI is InChI=1S/C11H16N2/c1-9-3-2-4-11(13-9)7-8-12-10-5-6-10/h2-4,10,12H,5-8H2,1H3. The molecule has 13 heavy (non-hydrogen) atoms. The van der Waals surface area contributed by atoms with E-state index in [0.29, 0.717) is 0 Å². The quantitative estimate of drug-likeness (QED) is 0.755. The van der Waals surface area contributed by atoms with Gasteiger partial charge < -0.3 is 5.32 Å². The lowest BCUT2D eigenvalue weighted by atomic mass is 10.2. The smallest absolute Gasteiger partial charge is 0.0419 e. The van der Waals surface area contributed by atoms with Crippen molar-refractivity contribution in [2.24, 2.45) is 0 Å². The van der Waals surface area contributed by atoms with E-state index >= 15 is 0 Å². The molecule has 0 amide bonds. The number of hydrogen-bond acceptors (Lipinski definition) is 2. The first-order chi connectivity index (χ1) is 6.34. The predicted molar refractivity (Wildman–Crippen MR) is 53.7 cm³/mol. The van der Waals surface area contributed by atoms with Gasteiger partial charge in [-0.3, -0.25) is 4.98 Å². The van der Waals surface area contributed by atoms with Crippen LogP contribution in [0.4, 0.5) is 0 Å². The van der Waals surface area contributed by atoms with Crippen molar-refractivity contribution in [2.75, 3.05) is 6.54 Å². The number of nitrogens with zero attached hydrogens (tertiary/aromatic N) is 1. The molecule has 1 fully saturated rings. The largest absolute Gasteiger partial charge is 0.314 e. The highest BCUT2D eigenvalue weighted by atomic mass is 14.9. The van der Waals surface area contributed by atoms with E-state index in [1.807, 2.05) is 13.0 Å². The Bertz CT molecular complexity index is 279. The average Bonchev–Trinajstić information content (AvgIpc) is 2.88. The lowest BCUT2D eigenvalue weighted by Gasteiger charge is -2.02. The van der Waals surface area contributed by atoms with Gasteiger partial charge in [-0.1, -0.05) is 6.07 Å². The summed E-state index contributed by atoms with van der Waals surface area (Å²) in [6, 6.07) is 7.03. The number of hydrogen-bond donors (Lipinski definition) is 1. The summed E-state index contributed by atoms with van der Waals surface area (Å²) < 4.78 is 0. The molecule has 1 heterocycles. The molecule has 0 aromatic carbocycles. The number of aromatic nitrogens is 1. The molecule has 2 nitrogen and oxygen atoms in total. The van der Waals surface area contributed by atoms with Gasteiger partial charge in [0.25, 0.3) is 0 Å². The van der Waals surface area contributed by atoms with Crippen LogP contribution in [0.25, 0.3) is 0 Å². The Labute approximate surface area is 79.4 Å². The lowest BCUT2D eigenvalue weighted by Crippen LogP contribution is -2.19. The Hall–Kier alpha value is -0.890. The molecule has 1 saturated carbocycles. The van der Waals surface area contributed by atoms with Crippen LogP contribution in [0.15, 0.2) is 18.2 Å². The summed E-state index contributed by atoms with van der Waals surface area (Å²) in [6.45, 7) is 3.11. The summed E-state index contributed by atoms with van der Waals surface area (Å²) >= 11 is 0. The minimum absolute atomic E-state index is 0.810. The lowest BCUT2D eigenvalue weighted by molar-refractivity contribution is 0.674. The van der Waals surface area contributed by atoms with Crippen molar-refractivity contribution in [3.8, 4) is 0 Å². The average molecular weight is 176 g/mol. The van der Waals surface area contributed by atoms with Crippen LogP contribution < -0.4 is 5.32 Å². The monoisotopic (exact) mass is 176 g/mol. The molecule has 0 atom stereocenters. The van der Waals surface area contributed by atoms with Crippen molar-refractivity contribution in [3.05, 3.63) is 29.6 Å². The summed E-state index contributed by atoms with van der Waals surface area (Å²) in [5.41, 5.74) is 2.32. The summed E-state index contributed by atoms with van der Waals surface area (Å²) in [5, 5.41) is 3.48. The molecular weight excluding hydrogens is 160 g/mol. The molecule has 1 aliphatic carbocycles. The van der Waals surface area contributed by atoms with Crippen LogP contribution in [0, 0.1) is 6.92 Å². The van der Waals surface area contributed by atoms with Gasteiger partial charge >= 0.3 is 0 Å². The van der Waals surface area contributed by atoms with Crippen LogP contribution in [0.1, 0.15) is 24.2 Å². The molecule has 70 valence electrons. The Kier molecular flexibility index (Phi) is 2.60. The fourth-order valence-electron chi connectivity index (χ4n) is 1.43. The molecule has 0 spiro atoms. The third-order valence-corrected chi connectivity index (χ3v) is 2.34. The van der Waals surface area contributed by atoms with Crippen LogP contribution in [0.5, 0.6) is 0 Å². The highest BCUT2D eigenvalue weighted by Crippen LogP contribution is 2.18. The van der Waals surface area contributed by atoms with Crippen molar-refractivity contribution in [1.82, 2.24) is 10.3 Å². The maximum atomic E-state index is 4.45. The van der Waals surface area contributed by atoms with Gasteiger partial charge in [0, 0.05) is 30.4 Å². The summed E-state index contributed by atoms with van der Waals surface area (Å²) in [6.07, 6.45) is 3.78. The summed E-state index contributed by atoms with van der Waals surface area (Å²) in [4.78, 5) is 4.45. The predicted octanol–water partition coefficient (Wildman–Crippen LogP) is 1.68. The van der Waals surface area contributed by atoms with E-state index in [9.17, 15) is 0 Å². The molecule has 2 heteroatoms. The molecule has 1 aromatic heterocycles. The first kappa shape index (κ1) is 8.70. The van der Waals surface area contributed by atoms with E-state index < -0.39 is 0 Å². The second-order valence-corrected chi connectivity index (χ2v) is 3.75. The molecule has 0 aliphatic heterocycles. The molecule has 1 aromatic rings. The van der Waals surface area contributed by atoms with E-state index in [0.717, 1.165) is 24.7 Å². The van der Waals surface area contributed by atoms with Crippen molar-refractivity contribution >= 4 is 0 Å².